The number of carbonyl (C=O) groups is 1. The molecule has 0 saturated carbocycles. The monoisotopic (exact) mass is 354 g/mol. The molecule has 0 bridgehead atoms. The Morgan fingerprint density at radius 2 is 1.91 bits per heavy atom. The molecule has 9 heteroatoms. The molecule has 0 spiro atoms. The number of halogens is 2. The molecule has 1 aromatic heterocycles. The standard InChI is InChI=1S/C14H12Cl2N4O3/c15-9-5-6-12(16)19-13(9)14(21)18-8-7-17-10-3-1-2-4-11(10)20(22)23/h1-6,17H,7-8H2,(H,18,21). The van der Waals surface area contributed by atoms with Crippen molar-refractivity contribution in [3.05, 3.63) is 62.4 Å². The first-order chi connectivity index (χ1) is 11.0. The SMILES string of the molecule is O=C(NCCNc1ccccc1[N+](=O)[O-])c1nc(Cl)ccc1Cl. The van der Waals surface area contributed by atoms with Crippen molar-refractivity contribution in [1.82, 2.24) is 10.3 Å². The summed E-state index contributed by atoms with van der Waals surface area (Å²) in [7, 11) is 0. The number of amides is 1. The Bertz CT molecular complexity index is 740. The van der Waals surface area contributed by atoms with E-state index in [1.54, 1.807) is 18.2 Å². The highest BCUT2D eigenvalue weighted by Crippen LogP contribution is 2.22. The minimum Gasteiger partial charge on any atom is -0.378 e. The molecule has 0 aliphatic rings. The highest BCUT2D eigenvalue weighted by Gasteiger charge is 2.13. The minimum absolute atomic E-state index is 0.0293. The van der Waals surface area contributed by atoms with Crippen LogP contribution in [0.4, 0.5) is 11.4 Å². The van der Waals surface area contributed by atoms with Gasteiger partial charge in [0.25, 0.3) is 11.6 Å². The number of benzene rings is 1. The number of carbonyl (C=O) groups excluding carboxylic acids is 1. The van der Waals surface area contributed by atoms with Crippen LogP contribution in [-0.4, -0.2) is 28.9 Å². The van der Waals surface area contributed by atoms with Crippen LogP contribution in [0.25, 0.3) is 0 Å². The van der Waals surface area contributed by atoms with E-state index in [0.717, 1.165) is 0 Å². The van der Waals surface area contributed by atoms with Crippen LogP contribution in [0.2, 0.25) is 10.2 Å². The molecule has 7 nitrogen and oxygen atoms in total. The predicted octanol–water partition coefficient (Wildman–Crippen LogP) is 3.14. The summed E-state index contributed by atoms with van der Waals surface area (Å²) in [5, 5.41) is 16.7. The van der Waals surface area contributed by atoms with Gasteiger partial charge in [0.15, 0.2) is 0 Å². The van der Waals surface area contributed by atoms with Crippen molar-refractivity contribution in [2.24, 2.45) is 0 Å². The maximum absolute atomic E-state index is 12.0. The number of nitrogens with zero attached hydrogens (tertiary/aromatic N) is 2. The van der Waals surface area contributed by atoms with E-state index in [2.05, 4.69) is 15.6 Å². The van der Waals surface area contributed by atoms with Crippen LogP contribution in [0.15, 0.2) is 36.4 Å². The Morgan fingerprint density at radius 3 is 2.65 bits per heavy atom. The van der Waals surface area contributed by atoms with Crippen molar-refractivity contribution < 1.29 is 9.72 Å². The molecule has 0 atom stereocenters. The number of anilines is 1. The molecule has 23 heavy (non-hydrogen) atoms. The number of nitrogens with one attached hydrogen (secondary N) is 2. The molecule has 2 N–H and O–H groups in total. The zero-order valence-corrected chi connectivity index (χ0v) is 13.3. The Balaban J connectivity index is 1.90. The summed E-state index contributed by atoms with van der Waals surface area (Å²) in [5.74, 6) is -0.470. The quantitative estimate of drug-likeness (QED) is 0.359. The Kier molecular flexibility index (Phi) is 5.72. The van der Waals surface area contributed by atoms with Crippen LogP contribution >= 0.6 is 23.2 Å². The maximum Gasteiger partial charge on any atom is 0.292 e. The number of hydrogen-bond donors (Lipinski definition) is 2. The third-order valence-electron chi connectivity index (χ3n) is 2.85. The van der Waals surface area contributed by atoms with Crippen LogP contribution in [0.3, 0.4) is 0 Å². The second-order valence-electron chi connectivity index (χ2n) is 4.42. The number of pyridine rings is 1. The van der Waals surface area contributed by atoms with Gasteiger partial charge >= 0.3 is 0 Å². The summed E-state index contributed by atoms with van der Waals surface area (Å²) < 4.78 is 0. The number of hydrogen-bond acceptors (Lipinski definition) is 5. The van der Waals surface area contributed by atoms with E-state index in [0.29, 0.717) is 12.2 Å². The highest BCUT2D eigenvalue weighted by atomic mass is 35.5. The summed E-state index contributed by atoms with van der Waals surface area (Å²) in [5.41, 5.74) is 0.383. The van der Waals surface area contributed by atoms with Crippen molar-refractivity contribution in [2.45, 2.75) is 0 Å². The summed E-state index contributed by atoms with van der Waals surface area (Å²) in [6, 6.07) is 9.22. The zero-order chi connectivity index (χ0) is 16.8. The first-order valence-corrected chi connectivity index (χ1v) is 7.32. The lowest BCUT2D eigenvalue weighted by molar-refractivity contribution is -0.384. The second kappa shape index (κ2) is 7.75. The summed E-state index contributed by atoms with van der Waals surface area (Å²) in [6.07, 6.45) is 0. The lowest BCUT2D eigenvalue weighted by atomic mass is 10.2. The number of rotatable bonds is 6. The third-order valence-corrected chi connectivity index (χ3v) is 3.37. The van der Waals surface area contributed by atoms with Gasteiger partial charge in [-0.3, -0.25) is 14.9 Å². The van der Waals surface area contributed by atoms with Gasteiger partial charge in [0, 0.05) is 19.2 Å². The van der Waals surface area contributed by atoms with Crippen LogP contribution in [0, 0.1) is 10.1 Å². The average molecular weight is 355 g/mol. The number of para-hydroxylation sites is 2. The van der Waals surface area contributed by atoms with Gasteiger partial charge in [-0.2, -0.15) is 0 Å². The van der Waals surface area contributed by atoms with Gasteiger partial charge in [0.05, 0.1) is 9.95 Å². The lowest BCUT2D eigenvalue weighted by Gasteiger charge is -2.09. The Labute approximate surface area is 141 Å². The van der Waals surface area contributed by atoms with Crippen LogP contribution < -0.4 is 10.6 Å². The number of nitro groups is 1. The summed E-state index contributed by atoms with van der Waals surface area (Å²) >= 11 is 11.6. The van der Waals surface area contributed by atoms with Crippen molar-refractivity contribution in [2.75, 3.05) is 18.4 Å². The molecule has 1 heterocycles. The lowest BCUT2D eigenvalue weighted by Crippen LogP contribution is -2.29. The van der Waals surface area contributed by atoms with Gasteiger partial charge in [-0.25, -0.2) is 4.98 Å². The fourth-order valence-electron chi connectivity index (χ4n) is 1.82. The fraction of sp³-hybridized carbons (Fsp3) is 0.143. The molecule has 0 radical (unpaired) electrons. The van der Waals surface area contributed by atoms with Crippen LogP contribution in [-0.2, 0) is 0 Å². The van der Waals surface area contributed by atoms with E-state index >= 15 is 0 Å². The second-order valence-corrected chi connectivity index (χ2v) is 5.22. The highest BCUT2D eigenvalue weighted by molar-refractivity contribution is 6.34. The molecular formula is C14H12Cl2N4O3. The molecule has 0 aliphatic heterocycles. The van der Waals surface area contributed by atoms with E-state index < -0.39 is 10.8 Å². The van der Waals surface area contributed by atoms with Gasteiger partial charge in [0.2, 0.25) is 0 Å². The first kappa shape index (κ1) is 17.0. The molecule has 1 amide bonds. The molecule has 0 unspecified atom stereocenters. The van der Waals surface area contributed by atoms with Crippen molar-refractivity contribution in [3.8, 4) is 0 Å². The van der Waals surface area contributed by atoms with Gasteiger partial charge in [-0.1, -0.05) is 35.3 Å². The van der Waals surface area contributed by atoms with Gasteiger partial charge in [-0.15, -0.1) is 0 Å². The molecule has 2 aromatic rings. The number of aromatic nitrogens is 1. The maximum atomic E-state index is 12.0. The smallest absolute Gasteiger partial charge is 0.292 e. The van der Waals surface area contributed by atoms with E-state index in [4.69, 9.17) is 23.2 Å². The van der Waals surface area contributed by atoms with Gasteiger partial charge in [-0.05, 0) is 18.2 Å². The van der Waals surface area contributed by atoms with E-state index in [1.165, 1.54) is 18.2 Å². The van der Waals surface area contributed by atoms with Crippen molar-refractivity contribution in [1.29, 1.82) is 0 Å². The van der Waals surface area contributed by atoms with Crippen LogP contribution in [0.5, 0.6) is 0 Å². The van der Waals surface area contributed by atoms with Gasteiger partial charge < -0.3 is 10.6 Å². The van der Waals surface area contributed by atoms with E-state index in [9.17, 15) is 14.9 Å². The zero-order valence-electron chi connectivity index (χ0n) is 11.8. The molecule has 1 aromatic carbocycles. The van der Waals surface area contributed by atoms with Crippen molar-refractivity contribution >= 4 is 40.5 Å². The molecule has 2 rings (SSSR count). The minimum atomic E-state index is -0.476. The number of nitro benzene ring substituents is 1. The topological polar surface area (TPSA) is 97.2 Å². The Morgan fingerprint density at radius 1 is 1.17 bits per heavy atom. The van der Waals surface area contributed by atoms with E-state index in [-0.39, 0.29) is 28.1 Å². The third kappa shape index (κ3) is 4.54. The van der Waals surface area contributed by atoms with Crippen molar-refractivity contribution in [3.63, 3.8) is 0 Å². The Hall–Kier alpha value is -2.38. The van der Waals surface area contributed by atoms with Crippen LogP contribution in [0.1, 0.15) is 10.5 Å². The van der Waals surface area contributed by atoms with Gasteiger partial charge in [0.1, 0.15) is 16.5 Å². The molecule has 120 valence electrons. The normalized spacial score (nSPS) is 10.2. The largest absolute Gasteiger partial charge is 0.378 e. The average Bonchev–Trinajstić information content (AvgIpc) is 2.53. The predicted molar refractivity (Wildman–Crippen MR) is 88.2 cm³/mol. The molecule has 0 aliphatic carbocycles. The fourth-order valence-corrected chi connectivity index (χ4v) is 2.16. The first-order valence-electron chi connectivity index (χ1n) is 6.56. The summed E-state index contributed by atoms with van der Waals surface area (Å²) in [4.78, 5) is 26.2. The van der Waals surface area contributed by atoms with E-state index in [1.807, 2.05) is 0 Å². The molecule has 0 saturated heterocycles. The summed E-state index contributed by atoms with van der Waals surface area (Å²) in [6.45, 7) is 0.532. The molecule has 0 fully saturated rings. The molecular weight excluding hydrogens is 343 g/mol.